The molecule has 176 valence electrons. The summed E-state index contributed by atoms with van der Waals surface area (Å²) >= 11 is 0. The lowest BCUT2D eigenvalue weighted by atomic mass is 9.98. The Morgan fingerprint density at radius 1 is 1.24 bits per heavy atom. The van der Waals surface area contributed by atoms with Crippen LogP contribution in [0.5, 0.6) is 0 Å². The normalized spacial score (nSPS) is 19.1. The van der Waals surface area contributed by atoms with Gasteiger partial charge in [0.1, 0.15) is 17.7 Å². The van der Waals surface area contributed by atoms with Crippen LogP contribution in [0.15, 0.2) is 35.6 Å². The van der Waals surface area contributed by atoms with Crippen LogP contribution in [0, 0.1) is 6.92 Å². The van der Waals surface area contributed by atoms with Crippen molar-refractivity contribution in [2.75, 3.05) is 45.3 Å². The highest BCUT2D eigenvalue weighted by molar-refractivity contribution is 6.38. The zero-order valence-electron chi connectivity index (χ0n) is 20.0. The van der Waals surface area contributed by atoms with E-state index in [-0.39, 0.29) is 11.9 Å². The summed E-state index contributed by atoms with van der Waals surface area (Å²) in [6, 6.07) is 8.64. The molecule has 3 heterocycles. The Labute approximate surface area is 196 Å². The minimum absolute atomic E-state index is 0.131. The zero-order valence-corrected chi connectivity index (χ0v) is 20.0. The third-order valence-electron chi connectivity index (χ3n) is 6.40. The largest absolute Gasteiger partial charge is 0.381 e. The average Bonchev–Trinajstić information content (AvgIpc) is 3.18. The maximum atomic E-state index is 12.8. The molecule has 2 aliphatic rings. The van der Waals surface area contributed by atoms with Crippen molar-refractivity contribution < 1.29 is 9.53 Å². The first-order valence-corrected chi connectivity index (χ1v) is 11.7. The van der Waals surface area contributed by atoms with E-state index in [1.165, 1.54) is 5.56 Å². The molecule has 1 amide bonds. The average molecular weight is 451 g/mol. The van der Waals surface area contributed by atoms with Gasteiger partial charge in [0.15, 0.2) is 5.82 Å². The molecule has 4 rings (SSSR count). The van der Waals surface area contributed by atoms with Crippen molar-refractivity contribution in [2.24, 2.45) is 4.99 Å². The smallest absolute Gasteiger partial charge is 0.265 e. The van der Waals surface area contributed by atoms with Gasteiger partial charge in [-0.1, -0.05) is 18.2 Å². The van der Waals surface area contributed by atoms with E-state index in [1.54, 1.807) is 13.3 Å². The summed E-state index contributed by atoms with van der Waals surface area (Å²) in [7, 11) is 4.21. The second-order valence-corrected chi connectivity index (χ2v) is 9.15. The zero-order chi connectivity index (χ0) is 23.4. The Bertz CT molecular complexity index is 1020. The number of ether oxygens (including phenoxy) is 1. The lowest BCUT2D eigenvalue weighted by Crippen LogP contribution is -2.41. The van der Waals surface area contributed by atoms with E-state index in [1.807, 2.05) is 6.92 Å². The fraction of sp³-hybridized carbons (Fsp3) is 0.520. The van der Waals surface area contributed by atoms with E-state index >= 15 is 0 Å². The molecule has 8 heteroatoms. The van der Waals surface area contributed by atoms with Gasteiger partial charge < -0.3 is 19.9 Å². The molecule has 0 spiro atoms. The Morgan fingerprint density at radius 3 is 2.76 bits per heavy atom. The molecule has 1 N–H and O–H groups in total. The molecule has 8 nitrogen and oxygen atoms in total. The fourth-order valence-corrected chi connectivity index (χ4v) is 4.49. The van der Waals surface area contributed by atoms with Gasteiger partial charge in [0.25, 0.3) is 5.91 Å². The number of benzene rings is 1. The maximum Gasteiger partial charge on any atom is 0.265 e. The van der Waals surface area contributed by atoms with Gasteiger partial charge in [0.05, 0.1) is 5.69 Å². The van der Waals surface area contributed by atoms with Crippen molar-refractivity contribution >= 4 is 28.8 Å². The van der Waals surface area contributed by atoms with E-state index in [0.29, 0.717) is 30.5 Å². The number of para-hydroxylation sites is 1. The molecule has 2 aromatic rings. The van der Waals surface area contributed by atoms with Crippen molar-refractivity contribution in [3.05, 3.63) is 41.9 Å². The lowest BCUT2D eigenvalue weighted by molar-refractivity contribution is -0.116. The number of nitrogens with zero attached hydrogens (tertiary/aromatic N) is 5. The molecule has 0 aliphatic carbocycles. The number of carbonyl (C=O) groups excluding carboxylic acids is 1. The second-order valence-electron chi connectivity index (χ2n) is 9.15. The molecule has 1 atom stereocenters. The second kappa shape index (κ2) is 10.4. The Hall–Kier alpha value is -2.84. The number of nitrogens with one attached hydrogen (secondary N) is 1. The van der Waals surface area contributed by atoms with Gasteiger partial charge >= 0.3 is 0 Å². The highest BCUT2D eigenvalue weighted by Crippen LogP contribution is 2.44. The molecule has 1 fully saturated rings. The summed E-state index contributed by atoms with van der Waals surface area (Å²) in [6.07, 6.45) is 4.31. The number of hydrogen-bond acceptors (Lipinski definition) is 7. The van der Waals surface area contributed by atoms with Crippen molar-refractivity contribution in [2.45, 2.75) is 45.1 Å². The first-order chi connectivity index (χ1) is 15.9. The van der Waals surface area contributed by atoms with Gasteiger partial charge in [-0.2, -0.15) is 0 Å². The van der Waals surface area contributed by atoms with E-state index in [0.717, 1.165) is 49.6 Å². The van der Waals surface area contributed by atoms with E-state index < -0.39 is 0 Å². The van der Waals surface area contributed by atoms with Crippen molar-refractivity contribution in [3.63, 3.8) is 0 Å². The molecule has 1 unspecified atom stereocenters. The van der Waals surface area contributed by atoms with Crippen LogP contribution in [0.2, 0.25) is 0 Å². The van der Waals surface area contributed by atoms with Gasteiger partial charge in [-0.15, -0.1) is 0 Å². The van der Waals surface area contributed by atoms with Crippen LogP contribution in [0.1, 0.15) is 43.4 Å². The van der Waals surface area contributed by atoms with Crippen molar-refractivity contribution in [1.29, 1.82) is 0 Å². The Balaban J connectivity index is 1.61. The molecule has 0 radical (unpaired) electrons. The number of rotatable bonds is 7. The van der Waals surface area contributed by atoms with Gasteiger partial charge in [0, 0.05) is 37.4 Å². The Kier molecular flexibility index (Phi) is 7.35. The number of aromatic nitrogens is 2. The minimum Gasteiger partial charge on any atom is -0.381 e. The van der Waals surface area contributed by atoms with Gasteiger partial charge in [-0.3, -0.25) is 4.79 Å². The standard InChI is InChI=1S/C25H34N6O2/c1-17-23(28-18(2)25(32)29-20-10-13-33-14-11-20)24(27-16-26-17)31-15-19(9-12-30(3)4)21-7-5-6-8-22(21)31/h5-8,16,19-20H,9-15H2,1-4H3,(H,29,32). The summed E-state index contributed by atoms with van der Waals surface area (Å²) in [6.45, 7) is 6.88. The summed E-state index contributed by atoms with van der Waals surface area (Å²) < 4.78 is 5.39. The van der Waals surface area contributed by atoms with Crippen LogP contribution < -0.4 is 10.2 Å². The van der Waals surface area contributed by atoms with Gasteiger partial charge in [-0.05, 0) is 65.4 Å². The van der Waals surface area contributed by atoms with Crippen molar-refractivity contribution in [3.8, 4) is 0 Å². The molecular formula is C25H34N6O2. The van der Waals surface area contributed by atoms with Crippen LogP contribution in [-0.4, -0.2) is 72.9 Å². The first kappa shape index (κ1) is 23.3. The highest BCUT2D eigenvalue weighted by Gasteiger charge is 2.31. The van der Waals surface area contributed by atoms with E-state index in [2.05, 4.69) is 63.4 Å². The van der Waals surface area contributed by atoms with Crippen LogP contribution >= 0.6 is 0 Å². The summed E-state index contributed by atoms with van der Waals surface area (Å²) in [4.78, 5) is 31.0. The van der Waals surface area contributed by atoms with Crippen LogP contribution in [0.25, 0.3) is 0 Å². The van der Waals surface area contributed by atoms with E-state index in [4.69, 9.17) is 9.73 Å². The topological polar surface area (TPSA) is 83.0 Å². The SMILES string of the molecule is CC(=Nc1c(C)ncnc1N1CC(CCN(C)C)c2ccccc21)C(=O)NC1CCOCC1. The quantitative estimate of drug-likeness (QED) is 0.652. The molecule has 1 aromatic heterocycles. The number of anilines is 2. The number of fused-ring (bicyclic) bond motifs is 1. The summed E-state index contributed by atoms with van der Waals surface area (Å²) in [5, 5.41) is 3.09. The third kappa shape index (κ3) is 5.39. The van der Waals surface area contributed by atoms with Crippen LogP contribution in [0.3, 0.4) is 0 Å². The number of aliphatic imine (C=N–C) groups is 1. The number of amides is 1. The van der Waals surface area contributed by atoms with Crippen LogP contribution in [0.4, 0.5) is 17.2 Å². The summed E-state index contributed by atoms with van der Waals surface area (Å²) in [5.41, 5.74) is 4.31. The first-order valence-electron chi connectivity index (χ1n) is 11.7. The van der Waals surface area contributed by atoms with E-state index in [9.17, 15) is 4.79 Å². The highest BCUT2D eigenvalue weighted by atomic mass is 16.5. The summed E-state index contributed by atoms with van der Waals surface area (Å²) in [5.74, 6) is 1.01. The van der Waals surface area contributed by atoms with Gasteiger partial charge in [0.2, 0.25) is 0 Å². The number of hydrogen-bond donors (Lipinski definition) is 1. The fourth-order valence-electron chi connectivity index (χ4n) is 4.49. The molecular weight excluding hydrogens is 416 g/mol. The number of aryl methyl sites for hydroxylation is 1. The minimum atomic E-state index is -0.151. The predicted molar refractivity (Wildman–Crippen MR) is 131 cm³/mol. The van der Waals surface area contributed by atoms with Crippen LogP contribution in [-0.2, 0) is 9.53 Å². The van der Waals surface area contributed by atoms with Crippen molar-refractivity contribution in [1.82, 2.24) is 20.2 Å². The maximum absolute atomic E-state index is 12.8. The monoisotopic (exact) mass is 450 g/mol. The van der Waals surface area contributed by atoms with Gasteiger partial charge in [-0.25, -0.2) is 15.0 Å². The molecule has 0 bridgehead atoms. The predicted octanol–water partition coefficient (Wildman–Crippen LogP) is 3.36. The molecule has 1 aromatic carbocycles. The molecule has 0 saturated carbocycles. The lowest BCUT2D eigenvalue weighted by Gasteiger charge is -2.23. The Morgan fingerprint density at radius 2 is 2.00 bits per heavy atom. The molecule has 33 heavy (non-hydrogen) atoms. The number of carbonyl (C=O) groups is 1. The molecule has 1 saturated heterocycles. The third-order valence-corrected chi connectivity index (χ3v) is 6.40. The molecule has 2 aliphatic heterocycles.